The third-order valence-electron chi connectivity index (χ3n) is 7.33. The minimum absolute atomic E-state index is 0.116. The molecule has 2 aliphatic rings. The molecule has 0 bridgehead atoms. The highest BCUT2D eigenvalue weighted by Gasteiger charge is 2.39. The lowest BCUT2D eigenvalue weighted by Crippen LogP contribution is -2.47. The van der Waals surface area contributed by atoms with Crippen LogP contribution in [0.25, 0.3) is 10.1 Å². The number of para-hydroxylation sites is 1. The summed E-state index contributed by atoms with van der Waals surface area (Å²) in [5, 5.41) is 7.50. The van der Waals surface area contributed by atoms with Crippen molar-refractivity contribution < 1.29 is 4.79 Å². The van der Waals surface area contributed by atoms with Crippen LogP contribution in [0.15, 0.2) is 78.9 Å². The van der Waals surface area contributed by atoms with Crippen molar-refractivity contribution in [1.29, 1.82) is 0 Å². The number of hydrogen-bond donors (Lipinski definition) is 2. The van der Waals surface area contributed by atoms with Crippen LogP contribution >= 0.6 is 11.5 Å². The highest BCUT2D eigenvalue weighted by atomic mass is 32.1. The fourth-order valence-electron chi connectivity index (χ4n) is 5.17. The first-order chi connectivity index (χ1) is 17.7. The number of nitrogens with one attached hydrogen (secondary N) is 2. The van der Waals surface area contributed by atoms with Crippen LogP contribution in [-0.4, -0.2) is 54.1 Å². The van der Waals surface area contributed by atoms with Gasteiger partial charge in [-0.25, -0.2) is 4.79 Å². The van der Waals surface area contributed by atoms with E-state index in [4.69, 9.17) is 4.37 Å². The summed E-state index contributed by atoms with van der Waals surface area (Å²) >= 11 is 1.58. The first kappa shape index (κ1) is 23.0. The van der Waals surface area contributed by atoms with Crippen molar-refractivity contribution in [3.8, 4) is 0 Å². The molecule has 1 saturated heterocycles. The molecule has 1 aliphatic heterocycles. The van der Waals surface area contributed by atoms with Gasteiger partial charge in [-0.3, -0.25) is 4.90 Å². The molecule has 2 atom stereocenters. The van der Waals surface area contributed by atoms with Crippen molar-refractivity contribution >= 4 is 39.2 Å². The van der Waals surface area contributed by atoms with Crippen LogP contribution in [0.1, 0.15) is 23.5 Å². The number of carbonyl (C=O) groups excluding carboxylic acids is 1. The smallest absolute Gasteiger partial charge is 0.319 e. The Morgan fingerprint density at radius 1 is 0.917 bits per heavy atom. The van der Waals surface area contributed by atoms with Crippen LogP contribution < -0.4 is 15.5 Å². The predicted molar refractivity (Wildman–Crippen MR) is 148 cm³/mol. The number of piperazine rings is 1. The fourth-order valence-corrected chi connectivity index (χ4v) is 5.97. The second kappa shape index (κ2) is 10.3. The summed E-state index contributed by atoms with van der Waals surface area (Å²) in [7, 11) is 0. The van der Waals surface area contributed by atoms with Crippen molar-refractivity contribution in [2.45, 2.75) is 24.8 Å². The molecule has 2 heterocycles. The average molecular weight is 498 g/mol. The zero-order chi connectivity index (χ0) is 24.3. The SMILES string of the molecule is O=C(Nc1ccccc1CCN1CCN(c2nsc3ccccc23)CC1)NC1CC1c1ccccc1. The lowest BCUT2D eigenvalue weighted by atomic mass is 10.1. The molecule has 6 rings (SSSR count). The van der Waals surface area contributed by atoms with Crippen LogP contribution in [0, 0.1) is 0 Å². The third kappa shape index (κ3) is 5.08. The molecule has 2 fully saturated rings. The zero-order valence-electron chi connectivity index (χ0n) is 20.3. The number of amides is 2. The number of benzene rings is 3. The summed E-state index contributed by atoms with van der Waals surface area (Å²) in [6, 6.07) is 27.2. The fraction of sp³-hybridized carbons (Fsp3) is 0.310. The van der Waals surface area contributed by atoms with Crippen molar-refractivity contribution in [2.24, 2.45) is 0 Å². The normalized spacial score (nSPS) is 19.8. The van der Waals surface area contributed by atoms with Crippen molar-refractivity contribution in [1.82, 2.24) is 14.6 Å². The summed E-state index contributed by atoms with van der Waals surface area (Å²) in [6.07, 6.45) is 1.91. The molecule has 2 unspecified atom stereocenters. The van der Waals surface area contributed by atoms with Gasteiger partial charge in [-0.2, -0.15) is 4.37 Å². The van der Waals surface area contributed by atoms with Gasteiger partial charge in [0.25, 0.3) is 0 Å². The van der Waals surface area contributed by atoms with E-state index in [0.717, 1.165) is 57.1 Å². The van der Waals surface area contributed by atoms with Crippen LogP contribution in [0.4, 0.5) is 16.3 Å². The van der Waals surface area contributed by atoms with Gasteiger partial charge in [0, 0.05) is 55.8 Å². The molecule has 1 saturated carbocycles. The van der Waals surface area contributed by atoms with Gasteiger partial charge >= 0.3 is 6.03 Å². The second-order valence-electron chi connectivity index (χ2n) is 9.70. The maximum absolute atomic E-state index is 12.7. The second-order valence-corrected chi connectivity index (χ2v) is 10.5. The number of fused-ring (bicyclic) bond motifs is 1. The van der Waals surface area contributed by atoms with E-state index in [-0.39, 0.29) is 12.1 Å². The lowest BCUT2D eigenvalue weighted by Gasteiger charge is -2.35. The molecule has 2 N–H and O–H groups in total. The van der Waals surface area contributed by atoms with Crippen LogP contribution in [0.5, 0.6) is 0 Å². The Labute approximate surface area is 216 Å². The minimum atomic E-state index is -0.116. The molecule has 0 radical (unpaired) electrons. The summed E-state index contributed by atoms with van der Waals surface area (Å²) in [6.45, 7) is 4.99. The molecule has 6 nitrogen and oxygen atoms in total. The van der Waals surface area contributed by atoms with Crippen molar-refractivity contribution in [3.05, 3.63) is 90.0 Å². The quantitative estimate of drug-likeness (QED) is 0.362. The Bertz CT molecular complexity index is 1330. The van der Waals surface area contributed by atoms with Gasteiger partial charge < -0.3 is 15.5 Å². The van der Waals surface area contributed by atoms with E-state index in [0.29, 0.717) is 5.92 Å². The Morgan fingerprint density at radius 3 is 2.53 bits per heavy atom. The maximum atomic E-state index is 12.7. The molecule has 7 heteroatoms. The molecule has 36 heavy (non-hydrogen) atoms. The molecular formula is C29H31N5OS. The Hall–Kier alpha value is -3.42. The van der Waals surface area contributed by atoms with Crippen LogP contribution in [-0.2, 0) is 6.42 Å². The van der Waals surface area contributed by atoms with E-state index in [1.807, 2.05) is 18.2 Å². The van der Waals surface area contributed by atoms with E-state index in [1.165, 1.54) is 21.2 Å². The molecule has 184 valence electrons. The first-order valence-electron chi connectivity index (χ1n) is 12.8. The van der Waals surface area contributed by atoms with Crippen LogP contribution in [0.2, 0.25) is 0 Å². The van der Waals surface area contributed by atoms with Gasteiger partial charge in [-0.15, -0.1) is 0 Å². The summed E-state index contributed by atoms with van der Waals surface area (Å²) in [4.78, 5) is 17.6. The average Bonchev–Trinajstić information content (AvgIpc) is 3.55. The molecule has 0 spiro atoms. The number of anilines is 2. The zero-order valence-corrected chi connectivity index (χ0v) is 21.1. The topological polar surface area (TPSA) is 60.5 Å². The van der Waals surface area contributed by atoms with Crippen molar-refractivity contribution in [3.63, 3.8) is 0 Å². The van der Waals surface area contributed by atoms with Crippen LogP contribution in [0.3, 0.4) is 0 Å². The van der Waals surface area contributed by atoms with E-state index >= 15 is 0 Å². The molecule has 1 aromatic heterocycles. The van der Waals surface area contributed by atoms with Gasteiger partial charge in [0.1, 0.15) is 5.82 Å². The monoisotopic (exact) mass is 497 g/mol. The van der Waals surface area contributed by atoms with Crippen molar-refractivity contribution in [2.75, 3.05) is 42.9 Å². The van der Waals surface area contributed by atoms with Gasteiger partial charge in [0.05, 0.1) is 4.70 Å². The minimum Gasteiger partial charge on any atom is -0.353 e. The van der Waals surface area contributed by atoms with Gasteiger partial charge in [-0.05, 0) is 53.7 Å². The highest BCUT2D eigenvalue weighted by Crippen LogP contribution is 2.40. The molecule has 1 aliphatic carbocycles. The van der Waals surface area contributed by atoms with E-state index in [1.54, 1.807) is 11.5 Å². The lowest BCUT2D eigenvalue weighted by molar-refractivity contribution is 0.251. The van der Waals surface area contributed by atoms with Gasteiger partial charge in [0.2, 0.25) is 0 Å². The number of nitrogens with zero attached hydrogens (tertiary/aromatic N) is 3. The standard InChI is InChI=1S/C29H31N5OS/c35-29(31-26-20-24(26)21-8-2-1-3-9-21)30-25-12-6-4-10-22(25)14-15-33-16-18-34(19-17-33)28-23-11-5-7-13-27(23)36-32-28/h1-13,24,26H,14-20H2,(H2,30,31,35). The molecule has 4 aromatic rings. The van der Waals surface area contributed by atoms with Gasteiger partial charge in [0.15, 0.2) is 0 Å². The summed E-state index contributed by atoms with van der Waals surface area (Å²) < 4.78 is 5.98. The largest absolute Gasteiger partial charge is 0.353 e. The van der Waals surface area contributed by atoms with Gasteiger partial charge in [-0.1, -0.05) is 60.7 Å². The molecule has 3 aromatic carbocycles. The number of carbonyl (C=O) groups is 1. The summed E-state index contributed by atoms with van der Waals surface area (Å²) in [5.74, 6) is 1.55. The number of urea groups is 1. The van der Waals surface area contributed by atoms with E-state index in [9.17, 15) is 4.79 Å². The van der Waals surface area contributed by atoms with E-state index < -0.39 is 0 Å². The predicted octanol–water partition coefficient (Wildman–Crippen LogP) is 5.34. The third-order valence-corrected chi connectivity index (χ3v) is 8.14. The maximum Gasteiger partial charge on any atom is 0.319 e. The Balaban J connectivity index is 0.999. The number of hydrogen-bond acceptors (Lipinski definition) is 5. The highest BCUT2D eigenvalue weighted by molar-refractivity contribution is 7.13. The first-order valence-corrected chi connectivity index (χ1v) is 13.5. The number of rotatable bonds is 7. The Kier molecular flexibility index (Phi) is 6.57. The molecular weight excluding hydrogens is 466 g/mol. The Morgan fingerprint density at radius 2 is 1.67 bits per heavy atom. The molecule has 2 amide bonds. The number of aromatic nitrogens is 1. The van der Waals surface area contributed by atoms with E-state index in [2.05, 4.69) is 81.1 Å². The summed E-state index contributed by atoms with van der Waals surface area (Å²) in [5.41, 5.74) is 3.38.